The molecule has 1 amide bonds. The lowest BCUT2D eigenvalue weighted by Gasteiger charge is -2.14. The maximum Gasteiger partial charge on any atom is 0.242 e. The minimum atomic E-state index is -3.51. The molecule has 0 unspecified atom stereocenters. The van der Waals surface area contributed by atoms with Crippen LogP contribution in [0.4, 0.5) is 11.4 Å². The standard InChI is InChI=1S/C13H22N4O3S/c1-4-7-15-13(18)9-16-12-6-5-10(8-11(12)14)21(19,20)17(2)3/h5-6,8,16H,4,7,9,14H2,1-3H3,(H,15,18). The van der Waals surface area contributed by atoms with Crippen LogP contribution in [0, 0.1) is 0 Å². The summed E-state index contributed by atoms with van der Waals surface area (Å²) in [6.45, 7) is 2.68. The molecule has 1 aromatic rings. The number of nitrogens with zero attached hydrogens (tertiary/aromatic N) is 1. The smallest absolute Gasteiger partial charge is 0.242 e. The minimum Gasteiger partial charge on any atom is -0.397 e. The second-order valence-electron chi connectivity index (χ2n) is 4.74. The van der Waals surface area contributed by atoms with Gasteiger partial charge in [-0.2, -0.15) is 0 Å². The second-order valence-corrected chi connectivity index (χ2v) is 6.89. The molecule has 118 valence electrons. The number of nitrogens with one attached hydrogen (secondary N) is 2. The molecule has 4 N–H and O–H groups in total. The summed E-state index contributed by atoms with van der Waals surface area (Å²) in [7, 11) is -0.605. The Morgan fingerprint density at radius 3 is 2.52 bits per heavy atom. The Morgan fingerprint density at radius 2 is 2.00 bits per heavy atom. The molecule has 0 aromatic heterocycles. The van der Waals surface area contributed by atoms with E-state index in [-0.39, 0.29) is 23.0 Å². The zero-order chi connectivity index (χ0) is 16.0. The molecule has 0 fully saturated rings. The van der Waals surface area contributed by atoms with Gasteiger partial charge in [0.25, 0.3) is 0 Å². The molecule has 0 heterocycles. The van der Waals surface area contributed by atoms with Gasteiger partial charge in [0, 0.05) is 20.6 Å². The van der Waals surface area contributed by atoms with Crippen molar-refractivity contribution >= 4 is 27.3 Å². The normalized spacial score (nSPS) is 11.4. The van der Waals surface area contributed by atoms with Crippen molar-refractivity contribution in [1.82, 2.24) is 9.62 Å². The first-order valence-electron chi connectivity index (χ1n) is 6.61. The Morgan fingerprint density at radius 1 is 1.33 bits per heavy atom. The molecule has 0 bridgehead atoms. The Bertz CT molecular complexity index is 599. The Kier molecular flexibility index (Phi) is 5.98. The third-order valence-corrected chi connectivity index (χ3v) is 4.62. The number of benzene rings is 1. The van der Waals surface area contributed by atoms with Gasteiger partial charge in [0.15, 0.2) is 0 Å². The first-order valence-corrected chi connectivity index (χ1v) is 8.05. The van der Waals surface area contributed by atoms with Gasteiger partial charge in [-0.25, -0.2) is 12.7 Å². The van der Waals surface area contributed by atoms with E-state index in [0.29, 0.717) is 12.2 Å². The monoisotopic (exact) mass is 314 g/mol. The van der Waals surface area contributed by atoms with Crippen LogP contribution in [0.5, 0.6) is 0 Å². The number of amides is 1. The summed E-state index contributed by atoms with van der Waals surface area (Å²) in [5, 5.41) is 5.61. The average molecular weight is 314 g/mol. The van der Waals surface area contributed by atoms with Crippen molar-refractivity contribution in [2.45, 2.75) is 18.2 Å². The molecule has 8 heteroatoms. The fourth-order valence-corrected chi connectivity index (χ4v) is 2.51. The lowest BCUT2D eigenvalue weighted by atomic mass is 10.2. The number of nitrogens with two attached hydrogens (primary N) is 1. The largest absolute Gasteiger partial charge is 0.397 e. The Balaban J connectivity index is 2.78. The molecular weight excluding hydrogens is 292 g/mol. The minimum absolute atomic E-state index is 0.0873. The highest BCUT2D eigenvalue weighted by Gasteiger charge is 2.18. The third kappa shape index (κ3) is 4.61. The molecule has 0 aliphatic rings. The van der Waals surface area contributed by atoms with Crippen molar-refractivity contribution in [3.63, 3.8) is 0 Å². The van der Waals surface area contributed by atoms with Gasteiger partial charge in [0.1, 0.15) is 0 Å². The predicted molar refractivity (Wildman–Crippen MR) is 83.5 cm³/mol. The molecule has 0 radical (unpaired) electrons. The van der Waals surface area contributed by atoms with Crippen LogP contribution in [-0.2, 0) is 14.8 Å². The number of anilines is 2. The summed E-state index contributed by atoms with van der Waals surface area (Å²) in [4.78, 5) is 11.6. The summed E-state index contributed by atoms with van der Waals surface area (Å²) >= 11 is 0. The molecule has 0 aliphatic heterocycles. The fourth-order valence-electron chi connectivity index (χ4n) is 1.58. The van der Waals surface area contributed by atoms with Crippen molar-refractivity contribution < 1.29 is 13.2 Å². The highest BCUT2D eigenvalue weighted by Crippen LogP contribution is 2.23. The van der Waals surface area contributed by atoms with Crippen LogP contribution in [0.3, 0.4) is 0 Å². The number of hydrogen-bond donors (Lipinski definition) is 3. The molecular formula is C13H22N4O3S. The van der Waals surface area contributed by atoms with Gasteiger partial charge in [-0.1, -0.05) is 6.92 Å². The maximum absolute atomic E-state index is 12.0. The number of carbonyl (C=O) groups is 1. The summed E-state index contributed by atoms with van der Waals surface area (Å²) in [5.74, 6) is -0.138. The maximum atomic E-state index is 12.0. The number of rotatable bonds is 7. The van der Waals surface area contributed by atoms with Crippen LogP contribution in [-0.4, -0.2) is 45.8 Å². The molecule has 0 aliphatic carbocycles. The SMILES string of the molecule is CCCNC(=O)CNc1ccc(S(=O)(=O)N(C)C)cc1N. The van der Waals surface area contributed by atoms with Crippen LogP contribution >= 0.6 is 0 Å². The summed E-state index contributed by atoms with van der Waals surface area (Å²) in [6.07, 6.45) is 0.866. The highest BCUT2D eigenvalue weighted by atomic mass is 32.2. The Labute approximate surface area is 125 Å². The summed E-state index contributed by atoms with van der Waals surface area (Å²) in [5.41, 5.74) is 6.63. The molecule has 1 rings (SSSR count). The van der Waals surface area contributed by atoms with Crippen LogP contribution in [0.15, 0.2) is 23.1 Å². The lowest BCUT2D eigenvalue weighted by molar-refractivity contribution is -0.119. The number of sulfonamides is 1. The first-order chi connectivity index (χ1) is 9.78. The van der Waals surface area contributed by atoms with Crippen molar-refractivity contribution in [1.29, 1.82) is 0 Å². The molecule has 1 aromatic carbocycles. The molecule has 21 heavy (non-hydrogen) atoms. The molecule has 0 saturated heterocycles. The predicted octanol–water partition coefficient (Wildman–Crippen LogP) is 0.457. The van der Waals surface area contributed by atoms with Crippen molar-refractivity contribution in [3.05, 3.63) is 18.2 Å². The topological polar surface area (TPSA) is 105 Å². The lowest BCUT2D eigenvalue weighted by Crippen LogP contribution is -2.30. The van der Waals surface area contributed by atoms with Gasteiger partial charge >= 0.3 is 0 Å². The van der Waals surface area contributed by atoms with Crippen LogP contribution < -0.4 is 16.4 Å². The van der Waals surface area contributed by atoms with Crippen molar-refractivity contribution in [2.24, 2.45) is 0 Å². The van der Waals surface area contributed by atoms with Gasteiger partial charge in [-0.3, -0.25) is 4.79 Å². The number of hydrogen-bond acceptors (Lipinski definition) is 5. The average Bonchev–Trinajstić information content (AvgIpc) is 2.43. The molecule has 7 nitrogen and oxygen atoms in total. The van der Waals surface area contributed by atoms with E-state index in [0.717, 1.165) is 10.7 Å². The fraction of sp³-hybridized carbons (Fsp3) is 0.462. The van der Waals surface area contributed by atoms with Crippen molar-refractivity contribution in [3.8, 4) is 0 Å². The number of nitrogen functional groups attached to an aromatic ring is 1. The van der Waals surface area contributed by atoms with Gasteiger partial charge in [-0.15, -0.1) is 0 Å². The second kappa shape index (κ2) is 7.28. The van der Waals surface area contributed by atoms with E-state index >= 15 is 0 Å². The van der Waals surface area contributed by atoms with Crippen LogP contribution in [0.25, 0.3) is 0 Å². The van der Waals surface area contributed by atoms with Crippen LogP contribution in [0.2, 0.25) is 0 Å². The number of carbonyl (C=O) groups excluding carboxylic acids is 1. The van der Waals surface area contributed by atoms with Gasteiger partial charge in [0.05, 0.1) is 22.8 Å². The van der Waals surface area contributed by atoms with E-state index in [4.69, 9.17) is 5.73 Å². The summed E-state index contributed by atoms with van der Waals surface area (Å²) < 4.78 is 25.0. The van der Waals surface area contributed by atoms with Gasteiger partial charge in [0.2, 0.25) is 15.9 Å². The van der Waals surface area contributed by atoms with Crippen molar-refractivity contribution in [2.75, 3.05) is 38.2 Å². The van der Waals surface area contributed by atoms with E-state index in [1.807, 2.05) is 6.92 Å². The summed E-state index contributed by atoms with van der Waals surface area (Å²) in [6, 6.07) is 4.39. The van der Waals surface area contributed by atoms with Gasteiger partial charge < -0.3 is 16.4 Å². The highest BCUT2D eigenvalue weighted by molar-refractivity contribution is 7.89. The van der Waals surface area contributed by atoms with Crippen LogP contribution in [0.1, 0.15) is 13.3 Å². The molecule has 0 spiro atoms. The zero-order valence-electron chi connectivity index (χ0n) is 12.5. The third-order valence-electron chi connectivity index (χ3n) is 2.81. The first kappa shape index (κ1) is 17.3. The van der Waals surface area contributed by atoms with E-state index in [1.165, 1.54) is 26.2 Å². The van der Waals surface area contributed by atoms with E-state index < -0.39 is 10.0 Å². The van der Waals surface area contributed by atoms with Gasteiger partial charge in [-0.05, 0) is 24.6 Å². The molecule has 0 saturated carbocycles. The molecule has 0 atom stereocenters. The van der Waals surface area contributed by atoms with E-state index in [1.54, 1.807) is 6.07 Å². The zero-order valence-corrected chi connectivity index (χ0v) is 13.3. The quantitative estimate of drug-likeness (QED) is 0.634. The van der Waals surface area contributed by atoms with E-state index in [2.05, 4.69) is 10.6 Å². The Hall–Kier alpha value is -1.80. The van der Waals surface area contributed by atoms with E-state index in [9.17, 15) is 13.2 Å².